The number of allylic oxidation sites excluding steroid dienone is 1. The fraction of sp³-hybridized carbons (Fsp3) is 0.444. The summed E-state index contributed by atoms with van der Waals surface area (Å²) >= 11 is 1.40. The summed E-state index contributed by atoms with van der Waals surface area (Å²) in [5.74, 6) is -5.54. The number of carbonyl (C=O) groups excluding carboxylic acids is 1. The van der Waals surface area contributed by atoms with Gasteiger partial charge in [-0.2, -0.15) is 10.5 Å². The number of carbonyl (C=O) groups is 1. The van der Waals surface area contributed by atoms with Crippen LogP contribution in [0.1, 0.15) is 68.5 Å². The van der Waals surface area contributed by atoms with Crippen LogP contribution in [-0.4, -0.2) is 62.7 Å². The molecule has 6 rings (SSSR count). The zero-order valence-corrected chi connectivity index (χ0v) is 29.1. The van der Waals surface area contributed by atoms with Gasteiger partial charge in [0.15, 0.2) is 0 Å². The lowest BCUT2D eigenvalue weighted by Crippen LogP contribution is -2.43. The third-order valence-corrected chi connectivity index (χ3v) is 11.4. The Morgan fingerprint density at radius 3 is 2.62 bits per heavy atom. The van der Waals surface area contributed by atoms with Crippen molar-refractivity contribution < 1.29 is 18.0 Å². The van der Waals surface area contributed by atoms with Gasteiger partial charge in [0, 0.05) is 41.3 Å². The number of fused-ring (bicyclic) bond motifs is 2. The second-order valence-corrected chi connectivity index (χ2v) is 15.0. The van der Waals surface area contributed by atoms with Gasteiger partial charge in [-0.1, -0.05) is 33.8 Å². The number of rotatable bonds is 5. The average Bonchev–Trinajstić information content (AvgIpc) is 3.31. The highest BCUT2D eigenvalue weighted by atomic mass is 32.2. The SMILES string of the molecule is C=CC(=O)N1CCN(c2c(C#N)c(=O)n(-c3c(C)ccnc3C(C)C)c3nc(C4(C)CCCC5SC(N)=C(C#N)C54)c(F)cc23)CC(F)(F)C1. The molecule has 3 aromatic rings. The molecule has 5 heterocycles. The van der Waals surface area contributed by atoms with Crippen LogP contribution < -0.4 is 16.2 Å². The number of alkyl halides is 2. The van der Waals surface area contributed by atoms with Crippen LogP contribution in [0.15, 0.2) is 46.4 Å². The van der Waals surface area contributed by atoms with Crippen molar-refractivity contribution in [2.24, 2.45) is 11.7 Å². The number of nitrogens with two attached hydrogens (primary N) is 1. The van der Waals surface area contributed by atoms with E-state index in [0.717, 1.165) is 23.5 Å². The summed E-state index contributed by atoms with van der Waals surface area (Å²) in [6.07, 6.45) is 4.52. The first-order chi connectivity index (χ1) is 23.7. The van der Waals surface area contributed by atoms with Crippen molar-refractivity contribution in [3.05, 3.63) is 80.3 Å². The Morgan fingerprint density at radius 2 is 1.96 bits per heavy atom. The van der Waals surface area contributed by atoms with E-state index >= 15 is 13.2 Å². The van der Waals surface area contributed by atoms with Gasteiger partial charge in [-0.15, -0.1) is 11.8 Å². The first-order valence-electron chi connectivity index (χ1n) is 16.4. The van der Waals surface area contributed by atoms with Crippen LogP contribution in [0.4, 0.5) is 18.9 Å². The van der Waals surface area contributed by atoms with Gasteiger partial charge in [0.25, 0.3) is 11.5 Å². The van der Waals surface area contributed by atoms with Gasteiger partial charge in [-0.25, -0.2) is 18.2 Å². The molecule has 1 aliphatic carbocycles. The molecule has 0 bridgehead atoms. The van der Waals surface area contributed by atoms with Crippen molar-refractivity contribution in [3.8, 4) is 17.8 Å². The minimum Gasteiger partial charge on any atom is -0.393 e. The van der Waals surface area contributed by atoms with Crippen LogP contribution in [0.2, 0.25) is 0 Å². The van der Waals surface area contributed by atoms with Crippen molar-refractivity contribution in [2.45, 2.75) is 69.5 Å². The summed E-state index contributed by atoms with van der Waals surface area (Å²) in [5, 5.41) is 20.9. The minimum atomic E-state index is -3.45. The Kier molecular flexibility index (Phi) is 8.97. The van der Waals surface area contributed by atoms with Gasteiger partial charge in [0.2, 0.25) is 5.91 Å². The van der Waals surface area contributed by atoms with E-state index in [2.05, 4.69) is 17.6 Å². The molecule has 2 fully saturated rings. The molecule has 3 atom stereocenters. The predicted molar refractivity (Wildman–Crippen MR) is 185 cm³/mol. The van der Waals surface area contributed by atoms with Crippen LogP contribution in [0.25, 0.3) is 16.7 Å². The number of hydrogen-bond donors (Lipinski definition) is 1. The minimum absolute atomic E-state index is 0.0168. The Hall–Kier alpha value is -4.82. The average molecular weight is 703 g/mol. The third kappa shape index (κ3) is 5.59. The summed E-state index contributed by atoms with van der Waals surface area (Å²) in [7, 11) is 0. The molecule has 0 aromatic carbocycles. The van der Waals surface area contributed by atoms with Crippen molar-refractivity contribution in [1.29, 1.82) is 10.5 Å². The lowest BCUT2D eigenvalue weighted by atomic mass is 9.63. The van der Waals surface area contributed by atoms with Gasteiger partial charge in [-0.3, -0.25) is 19.1 Å². The normalized spacial score (nSPS) is 23.4. The van der Waals surface area contributed by atoms with Crippen LogP contribution in [-0.2, 0) is 10.2 Å². The quantitative estimate of drug-likeness (QED) is 0.338. The number of thioether (sulfide) groups is 1. The van der Waals surface area contributed by atoms with Gasteiger partial charge < -0.3 is 15.5 Å². The number of halogens is 3. The van der Waals surface area contributed by atoms with Gasteiger partial charge in [0.05, 0.1) is 52.5 Å². The van der Waals surface area contributed by atoms with Gasteiger partial charge >= 0.3 is 0 Å². The third-order valence-electron chi connectivity index (χ3n) is 10.2. The molecule has 3 aliphatic rings. The zero-order valence-electron chi connectivity index (χ0n) is 28.3. The van der Waals surface area contributed by atoms with Crippen molar-refractivity contribution in [2.75, 3.05) is 31.1 Å². The number of amides is 1. The number of nitrogens with zero attached hydrogens (tertiary/aromatic N) is 7. The first-order valence-corrected chi connectivity index (χ1v) is 17.3. The molecule has 0 spiro atoms. The zero-order chi connectivity index (χ0) is 36.3. The summed E-state index contributed by atoms with van der Waals surface area (Å²) in [6, 6.07) is 7.04. The van der Waals surface area contributed by atoms with E-state index in [0.29, 0.717) is 40.4 Å². The molecule has 3 unspecified atom stereocenters. The standard InChI is InChI=1S/C36H37F3N8O2S/c1-6-26(48)45-12-13-46(18-36(38,39)17-45)30-21-14-24(37)31(35(5)10-7-8-25-27(35)22(15-40)32(42)50-25)44-33(21)47(34(49)23(30)16-41)29-20(4)9-11-43-28(29)19(2)3/h6,9,11,14,19,25,27H,1,7-8,10,12-13,17-18,42H2,2-5H3. The highest BCUT2D eigenvalue weighted by Crippen LogP contribution is 2.56. The van der Waals surface area contributed by atoms with Crippen molar-refractivity contribution in [1.82, 2.24) is 19.4 Å². The summed E-state index contributed by atoms with van der Waals surface area (Å²) < 4.78 is 49.1. The van der Waals surface area contributed by atoms with E-state index < -0.39 is 53.2 Å². The van der Waals surface area contributed by atoms with Crippen molar-refractivity contribution >= 4 is 34.4 Å². The molecule has 3 aromatic heterocycles. The van der Waals surface area contributed by atoms with Gasteiger partial charge in [0.1, 0.15) is 23.1 Å². The molecule has 50 heavy (non-hydrogen) atoms. The fourth-order valence-electron chi connectivity index (χ4n) is 7.91. The molecule has 2 aliphatic heterocycles. The van der Waals surface area contributed by atoms with E-state index in [1.165, 1.54) is 21.2 Å². The molecule has 1 amide bonds. The molecule has 14 heteroatoms. The summed E-state index contributed by atoms with van der Waals surface area (Å²) in [4.78, 5) is 38.7. The lowest BCUT2D eigenvalue weighted by molar-refractivity contribution is -0.130. The molecular formula is C36H37F3N8O2S. The second-order valence-electron chi connectivity index (χ2n) is 13.8. The maximum absolute atomic E-state index is 16.9. The smallest absolute Gasteiger partial charge is 0.282 e. The topological polar surface area (TPSA) is 145 Å². The molecule has 1 saturated carbocycles. The highest BCUT2D eigenvalue weighted by Gasteiger charge is 2.52. The number of pyridine rings is 3. The van der Waals surface area contributed by atoms with Crippen molar-refractivity contribution in [3.63, 3.8) is 0 Å². The predicted octanol–water partition coefficient (Wildman–Crippen LogP) is 5.56. The number of anilines is 1. The van der Waals surface area contributed by atoms with E-state index in [1.807, 2.05) is 26.8 Å². The lowest BCUT2D eigenvalue weighted by Gasteiger charge is -2.42. The van der Waals surface area contributed by atoms with Crippen LogP contribution in [0.5, 0.6) is 0 Å². The van der Waals surface area contributed by atoms with E-state index in [4.69, 9.17) is 10.7 Å². The van der Waals surface area contributed by atoms with Crippen LogP contribution >= 0.6 is 11.8 Å². The Balaban J connectivity index is 1.70. The van der Waals surface area contributed by atoms with E-state index in [1.54, 1.807) is 19.2 Å². The maximum Gasteiger partial charge on any atom is 0.282 e. The monoisotopic (exact) mass is 702 g/mol. The number of aryl methyl sites for hydroxylation is 1. The van der Waals surface area contributed by atoms with E-state index in [9.17, 15) is 20.1 Å². The molecular weight excluding hydrogens is 666 g/mol. The Morgan fingerprint density at radius 1 is 1.22 bits per heavy atom. The Labute approximate surface area is 292 Å². The molecule has 260 valence electrons. The first kappa shape index (κ1) is 35.0. The molecule has 2 N–H and O–H groups in total. The van der Waals surface area contributed by atoms with Crippen LogP contribution in [0, 0.1) is 41.3 Å². The highest BCUT2D eigenvalue weighted by molar-refractivity contribution is 8.03. The fourth-order valence-corrected chi connectivity index (χ4v) is 9.39. The second kappa shape index (κ2) is 12.8. The van der Waals surface area contributed by atoms with E-state index in [-0.39, 0.29) is 46.7 Å². The molecule has 0 radical (unpaired) electrons. The number of hydrogen-bond acceptors (Lipinski definition) is 9. The van der Waals surface area contributed by atoms with Gasteiger partial charge in [-0.05, 0) is 49.5 Å². The molecule has 1 saturated heterocycles. The summed E-state index contributed by atoms with van der Waals surface area (Å²) in [6.45, 7) is 8.65. The largest absolute Gasteiger partial charge is 0.393 e. The summed E-state index contributed by atoms with van der Waals surface area (Å²) in [5.41, 5.74) is 5.67. The number of nitriles is 2. The molecule has 10 nitrogen and oxygen atoms in total. The number of aromatic nitrogens is 3. The van der Waals surface area contributed by atoms with Crippen LogP contribution in [0.3, 0.4) is 0 Å². The maximum atomic E-state index is 16.9. The Bertz CT molecular complexity index is 2120.